The molecule has 6 heteroatoms. The SMILES string of the molecule is COc1ccc(CC(=O)OCC2=CCC(O)C3(C)CCC4C(C)C(=O)OC4C23)cc1. The topological polar surface area (TPSA) is 82.1 Å². The van der Waals surface area contributed by atoms with E-state index in [1.54, 1.807) is 7.11 Å². The number of esters is 2. The minimum Gasteiger partial charge on any atom is -0.497 e. The molecule has 1 aliphatic heterocycles. The van der Waals surface area contributed by atoms with Gasteiger partial charge < -0.3 is 19.3 Å². The number of carbonyl (C=O) groups is 2. The lowest BCUT2D eigenvalue weighted by Gasteiger charge is -2.52. The van der Waals surface area contributed by atoms with E-state index in [4.69, 9.17) is 14.2 Å². The molecule has 0 radical (unpaired) electrons. The van der Waals surface area contributed by atoms with E-state index in [1.807, 2.05) is 37.3 Å². The monoisotopic (exact) mass is 414 g/mol. The molecule has 1 aromatic rings. The Balaban J connectivity index is 1.46. The maximum absolute atomic E-state index is 12.4. The van der Waals surface area contributed by atoms with E-state index in [-0.39, 0.29) is 54.2 Å². The smallest absolute Gasteiger partial charge is 0.310 e. The predicted octanol–water partition coefficient (Wildman–Crippen LogP) is 3.07. The van der Waals surface area contributed by atoms with Crippen LogP contribution in [0.3, 0.4) is 0 Å². The largest absolute Gasteiger partial charge is 0.497 e. The van der Waals surface area contributed by atoms with Crippen LogP contribution in [-0.2, 0) is 25.5 Å². The molecule has 6 unspecified atom stereocenters. The second-order valence-electron chi connectivity index (χ2n) is 9.09. The Kier molecular flexibility index (Phi) is 5.62. The Morgan fingerprint density at radius 2 is 2.03 bits per heavy atom. The molecule has 4 rings (SSSR count). The van der Waals surface area contributed by atoms with Gasteiger partial charge in [-0.15, -0.1) is 0 Å². The maximum Gasteiger partial charge on any atom is 0.310 e. The molecule has 0 aromatic heterocycles. The third-order valence-corrected chi connectivity index (χ3v) is 7.41. The van der Waals surface area contributed by atoms with Gasteiger partial charge in [0.05, 0.1) is 25.6 Å². The highest BCUT2D eigenvalue weighted by Gasteiger charge is 2.58. The number of benzene rings is 1. The van der Waals surface area contributed by atoms with Gasteiger partial charge in [-0.3, -0.25) is 9.59 Å². The fourth-order valence-corrected chi connectivity index (χ4v) is 5.47. The van der Waals surface area contributed by atoms with Crippen molar-refractivity contribution in [2.75, 3.05) is 13.7 Å². The maximum atomic E-state index is 12.4. The number of aliphatic hydroxyl groups excluding tert-OH is 1. The fraction of sp³-hybridized carbons (Fsp3) is 0.583. The van der Waals surface area contributed by atoms with Crippen LogP contribution in [0.25, 0.3) is 0 Å². The van der Waals surface area contributed by atoms with E-state index >= 15 is 0 Å². The third kappa shape index (κ3) is 3.62. The van der Waals surface area contributed by atoms with Gasteiger partial charge in [-0.2, -0.15) is 0 Å². The second-order valence-corrected chi connectivity index (χ2v) is 9.09. The van der Waals surface area contributed by atoms with Crippen molar-refractivity contribution in [3.05, 3.63) is 41.5 Å². The second kappa shape index (κ2) is 8.06. The van der Waals surface area contributed by atoms with E-state index in [0.717, 1.165) is 29.7 Å². The number of hydrogen-bond acceptors (Lipinski definition) is 6. The van der Waals surface area contributed by atoms with Gasteiger partial charge in [-0.05, 0) is 42.5 Å². The molecule has 2 aliphatic carbocycles. The van der Waals surface area contributed by atoms with Crippen molar-refractivity contribution < 1.29 is 28.9 Å². The first-order valence-corrected chi connectivity index (χ1v) is 10.7. The van der Waals surface area contributed by atoms with Gasteiger partial charge in [0.2, 0.25) is 0 Å². The number of fused-ring (bicyclic) bond motifs is 3. The molecule has 3 aliphatic rings. The molecule has 1 aromatic carbocycles. The van der Waals surface area contributed by atoms with Gasteiger partial charge in [0.25, 0.3) is 0 Å². The molecule has 1 N–H and O–H groups in total. The Labute approximate surface area is 177 Å². The summed E-state index contributed by atoms with van der Waals surface area (Å²) in [5.41, 5.74) is 1.44. The lowest BCUT2D eigenvalue weighted by molar-refractivity contribution is -0.153. The number of carbonyl (C=O) groups excluding carboxylic acids is 2. The molecule has 0 amide bonds. The minimum absolute atomic E-state index is 0.123. The van der Waals surface area contributed by atoms with E-state index < -0.39 is 6.10 Å². The molecule has 6 nitrogen and oxygen atoms in total. The Morgan fingerprint density at radius 1 is 1.30 bits per heavy atom. The molecule has 162 valence electrons. The van der Waals surface area contributed by atoms with Crippen LogP contribution in [0.2, 0.25) is 0 Å². The standard InChI is InChI=1S/C24H30O6/c1-14-18-10-11-24(2)19(25)9-6-16(21(24)22(18)30-23(14)27)13-29-20(26)12-15-4-7-17(28-3)8-5-15/h4-8,14,18-19,21-22,25H,9-13H2,1-3H3. The number of methoxy groups -OCH3 is 1. The number of rotatable bonds is 5. The van der Waals surface area contributed by atoms with Gasteiger partial charge in [0.1, 0.15) is 18.5 Å². The van der Waals surface area contributed by atoms with Crippen LogP contribution in [0.5, 0.6) is 5.75 Å². The average Bonchev–Trinajstić information content (AvgIpc) is 3.02. The third-order valence-electron chi connectivity index (χ3n) is 7.41. The Hall–Kier alpha value is -2.34. The Morgan fingerprint density at radius 3 is 2.73 bits per heavy atom. The zero-order valence-corrected chi connectivity index (χ0v) is 17.8. The van der Waals surface area contributed by atoms with Crippen molar-refractivity contribution >= 4 is 11.9 Å². The lowest BCUT2D eigenvalue weighted by atomic mass is 9.55. The van der Waals surface area contributed by atoms with Crippen LogP contribution in [0.15, 0.2) is 35.9 Å². The molecule has 6 atom stereocenters. The van der Waals surface area contributed by atoms with Gasteiger partial charge in [-0.25, -0.2) is 0 Å². The molecule has 0 spiro atoms. The van der Waals surface area contributed by atoms with E-state index in [1.165, 1.54) is 0 Å². The Bertz CT molecular complexity index is 844. The van der Waals surface area contributed by atoms with E-state index in [0.29, 0.717) is 6.42 Å². The highest BCUT2D eigenvalue weighted by atomic mass is 16.6. The molecular formula is C24H30O6. The summed E-state index contributed by atoms with van der Waals surface area (Å²) in [5, 5.41) is 10.7. The molecule has 1 saturated heterocycles. The van der Waals surface area contributed by atoms with Crippen LogP contribution in [0.1, 0.15) is 38.7 Å². The molecule has 1 saturated carbocycles. The fourth-order valence-electron chi connectivity index (χ4n) is 5.47. The molecule has 30 heavy (non-hydrogen) atoms. The van der Waals surface area contributed by atoms with E-state index in [2.05, 4.69) is 6.92 Å². The number of aliphatic hydroxyl groups is 1. The summed E-state index contributed by atoms with van der Waals surface area (Å²) < 4.78 is 16.5. The van der Waals surface area contributed by atoms with Crippen molar-refractivity contribution in [3.63, 3.8) is 0 Å². The van der Waals surface area contributed by atoms with Gasteiger partial charge in [0, 0.05) is 17.3 Å². The molecule has 2 fully saturated rings. The van der Waals surface area contributed by atoms with Crippen molar-refractivity contribution in [2.24, 2.45) is 23.2 Å². The summed E-state index contributed by atoms with van der Waals surface area (Å²) in [6.45, 7) is 4.16. The highest BCUT2D eigenvalue weighted by Crippen LogP contribution is 2.56. The summed E-state index contributed by atoms with van der Waals surface area (Å²) in [4.78, 5) is 24.7. The summed E-state index contributed by atoms with van der Waals surface area (Å²) in [6.07, 6.45) is 3.63. The first-order chi connectivity index (χ1) is 14.3. The van der Waals surface area contributed by atoms with E-state index in [9.17, 15) is 14.7 Å². The molecular weight excluding hydrogens is 384 g/mol. The summed E-state index contributed by atoms with van der Waals surface area (Å²) >= 11 is 0. The first kappa shape index (κ1) is 20.9. The van der Waals surface area contributed by atoms with Gasteiger partial charge >= 0.3 is 11.9 Å². The number of ether oxygens (including phenoxy) is 3. The van der Waals surface area contributed by atoms with Crippen LogP contribution in [0.4, 0.5) is 0 Å². The molecule has 1 heterocycles. The summed E-state index contributed by atoms with van der Waals surface area (Å²) in [5.74, 6) is 0.173. The van der Waals surface area contributed by atoms with Gasteiger partial charge in [-0.1, -0.05) is 32.1 Å². The van der Waals surface area contributed by atoms with Crippen molar-refractivity contribution in [1.29, 1.82) is 0 Å². The normalized spacial score (nSPS) is 35.0. The zero-order chi connectivity index (χ0) is 21.5. The summed E-state index contributed by atoms with van der Waals surface area (Å²) in [6, 6.07) is 7.32. The molecule has 0 bridgehead atoms. The van der Waals surface area contributed by atoms with Crippen LogP contribution in [0, 0.1) is 23.2 Å². The van der Waals surface area contributed by atoms with Crippen molar-refractivity contribution in [2.45, 2.75) is 51.7 Å². The zero-order valence-electron chi connectivity index (χ0n) is 17.8. The van der Waals surface area contributed by atoms with Gasteiger partial charge in [0.15, 0.2) is 0 Å². The van der Waals surface area contributed by atoms with Crippen molar-refractivity contribution in [3.8, 4) is 5.75 Å². The summed E-state index contributed by atoms with van der Waals surface area (Å²) in [7, 11) is 1.60. The number of hydrogen-bond donors (Lipinski definition) is 1. The first-order valence-electron chi connectivity index (χ1n) is 10.7. The van der Waals surface area contributed by atoms with Crippen LogP contribution < -0.4 is 4.74 Å². The lowest BCUT2D eigenvalue weighted by Crippen LogP contribution is -2.53. The van der Waals surface area contributed by atoms with Crippen LogP contribution in [-0.4, -0.2) is 43.0 Å². The quantitative estimate of drug-likeness (QED) is 0.589. The average molecular weight is 414 g/mol. The van der Waals surface area contributed by atoms with Crippen LogP contribution >= 0.6 is 0 Å². The highest BCUT2D eigenvalue weighted by molar-refractivity contribution is 5.75. The van der Waals surface area contributed by atoms with Crippen molar-refractivity contribution in [1.82, 2.24) is 0 Å². The predicted molar refractivity (Wildman–Crippen MR) is 110 cm³/mol. The minimum atomic E-state index is -0.489.